The van der Waals surface area contributed by atoms with E-state index in [9.17, 15) is 9.90 Å². The predicted molar refractivity (Wildman–Crippen MR) is 86.6 cm³/mol. The van der Waals surface area contributed by atoms with Gasteiger partial charge >= 0.3 is 6.09 Å². The number of hydrogen-bond acceptors (Lipinski definition) is 4. The van der Waals surface area contributed by atoms with Gasteiger partial charge in [-0.1, -0.05) is 19.9 Å². The van der Waals surface area contributed by atoms with Gasteiger partial charge in [0.2, 0.25) is 0 Å². The lowest BCUT2D eigenvalue weighted by molar-refractivity contribution is 0.0523. The number of pyridine rings is 1. The molecule has 1 heterocycles. The summed E-state index contributed by atoms with van der Waals surface area (Å²) in [5.41, 5.74) is 2.07. The van der Waals surface area contributed by atoms with Crippen molar-refractivity contribution in [3.63, 3.8) is 0 Å². The zero-order valence-corrected chi connectivity index (χ0v) is 14.3. The van der Waals surface area contributed by atoms with Crippen LogP contribution in [0.25, 0.3) is 0 Å². The highest BCUT2D eigenvalue weighted by molar-refractivity contribution is 5.67. The summed E-state index contributed by atoms with van der Waals surface area (Å²) in [5.74, 6) is 0.553. The van der Waals surface area contributed by atoms with E-state index in [4.69, 9.17) is 4.74 Å². The number of hydrogen-bond donors (Lipinski definition) is 2. The second-order valence-corrected chi connectivity index (χ2v) is 6.13. The van der Waals surface area contributed by atoms with Gasteiger partial charge in [-0.15, -0.1) is 0 Å². The summed E-state index contributed by atoms with van der Waals surface area (Å²) in [5, 5.41) is 12.0. The molecule has 1 aromatic rings. The molecule has 0 unspecified atom stereocenters. The number of aromatic nitrogens is 1. The van der Waals surface area contributed by atoms with E-state index in [-0.39, 0.29) is 6.61 Å². The first kappa shape index (κ1) is 18.4. The molecule has 2 rings (SSSR count). The van der Waals surface area contributed by atoms with Crippen LogP contribution >= 0.6 is 0 Å². The molecule has 1 aliphatic carbocycles. The van der Waals surface area contributed by atoms with Gasteiger partial charge < -0.3 is 15.2 Å². The second-order valence-electron chi connectivity index (χ2n) is 6.13. The molecule has 5 heteroatoms. The molecule has 0 aromatic carbocycles. The van der Waals surface area contributed by atoms with E-state index in [1.807, 2.05) is 46.8 Å². The minimum absolute atomic E-state index is 0.0634. The number of aliphatic hydroxyl groups is 1. The highest BCUT2D eigenvalue weighted by Crippen LogP contribution is 2.41. The Morgan fingerprint density at radius 1 is 1.36 bits per heavy atom. The molecule has 2 N–H and O–H groups in total. The van der Waals surface area contributed by atoms with Gasteiger partial charge in [0.25, 0.3) is 0 Å². The Labute approximate surface area is 133 Å². The van der Waals surface area contributed by atoms with E-state index in [1.165, 1.54) is 12.8 Å². The van der Waals surface area contributed by atoms with Crippen LogP contribution in [0.3, 0.4) is 0 Å². The SMILES string of the molecule is CC.CC(C)(C)OC(=O)NCc1ccc(C2CC2)c(CO)n1. The highest BCUT2D eigenvalue weighted by atomic mass is 16.6. The van der Waals surface area contributed by atoms with Crippen LogP contribution in [0.5, 0.6) is 0 Å². The van der Waals surface area contributed by atoms with E-state index >= 15 is 0 Å². The summed E-state index contributed by atoms with van der Waals surface area (Å²) >= 11 is 0. The molecule has 1 saturated carbocycles. The quantitative estimate of drug-likeness (QED) is 0.893. The lowest BCUT2D eigenvalue weighted by Crippen LogP contribution is -2.32. The highest BCUT2D eigenvalue weighted by Gasteiger charge is 2.26. The minimum atomic E-state index is -0.510. The molecule has 0 atom stereocenters. The third-order valence-electron chi connectivity index (χ3n) is 3.05. The molecule has 1 amide bonds. The summed E-state index contributed by atoms with van der Waals surface area (Å²) < 4.78 is 5.16. The Bertz CT molecular complexity index is 491. The molecule has 0 radical (unpaired) electrons. The third-order valence-corrected chi connectivity index (χ3v) is 3.05. The van der Waals surface area contributed by atoms with Crippen molar-refractivity contribution in [1.82, 2.24) is 10.3 Å². The van der Waals surface area contributed by atoms with Crippen LogP contribution in [-0.2, 0) is 17.9 Å². The van der Waals surface area contributed by atoms with Crippen molar-refractivity contribution in [2.75, 3.05) is 0 Å². The second kappa shape index (κ2) is 8.13. The summed E-state index contributed by atoms with van der Waals surface area (Å²) in [6, 6.07) is 3.90. The molecule has 0 spiro atoms. The fourth-order valence-electron chi connectivity index (χ4n) is 2.03. The van der Waals surface area contributed by atoms with Crippen molar-refractivity contribution in [3.05, 3.63) is 29.1 Å². The summed E-state index contributed by atoms with van der Waals surface area (Å²) in [7, 11) is 0. The van der Waals surface area contributed by atoms with Crippen LogP contribution in [0.4, 0.5) is 4.79 Å². The monoisotopic (exact) mass is 308 g/mol. The van der Waals surface area contributed by atoms with Gasteiger partial charge in [-0.3, -0.25) is 4.98 Å². The van der Waals surface area contributed by atoms with Gasteiger partial charge in [-0.25, -0.2) is 4.79 Å². The largest absolute Gasteiger partial charge is 0.444 e. The minimum Gasteiger partial charge on any atom is -0.444 e. The fourth-order valence-corrected chi connectivity index (χ4v) is 2.03. The lowest BCUT2D eigenvalue weighted by Gasteiger charge is -2.19. The number of rotatable bonds is 4. The molecular weight excluding hydrogens is 280 g/mol. The predicted octanol–water partition coefficient (Wildman–Crippen LogP) is 3.50. The normalized spacial score (nSPS) is 13.9. The van der Waals surface area contributed by atoms with E-state index in [0.29, 0.717) is 12.5 Å². The van der Waals surface area contributed by atoms with Crippen LogP contribution in [0.2, 0.25) is 0 Å². The number of aliphatic hydroxyl groups excluding tert-OH is 1. The number of amides is 1. The summed E-state index contributed by atoms with van der Waals surface area (Å²) in [6.45, 7) is 9.69. The molecule has 0 saturated heterocycles. The van der Waals surface area contributed by atoms with Gasteiger partial charge in [-0.05, 0) is 51.2 Å². The average molecular weight is 308 g/mol. The molecule has 22 heavy (non-hydrogen) atoms. The van der Waals surface area contributed by atoms with E-state index in [0.717, 1.165) is 17.0 Å². The Balaban J connectivity index is 0.00000116. The number of carbonyl (C=O) groups is 1. The molecule has 1 aliphatic rings. The van der Waals surface area contributed by atoms with E-state index in [2.05, 4.69) is 10.3 Å². The number of nitrogens with one attached hydrogen (secondary N) is 1. The molecule has 0 aliphatic heterocycles. The zero-order chi connectivity index (χ0) is 16.8. The zero-order valence-electron chi connectivity index (χ0n) is 14.3. The van der Waals surface area contributed by atoms with Gasteiger partial charge in [0.1, 0.15) is 5.60 Å². The molecular formula is C17H28N2O3. The summed E-state index contributed by atoms with van der Waals surface area (Å²) in [6.07, 6.45) is 1.88. The molecule has 5 nitrogen and oxygen atoms in total. The first-order valence-electron chi connectivity index (χ1n) is 7.95. The first-order valence-corrected chi connectivity index (χ1v) is 7.95. The Morgan fingerprint density at radius 3 is 2.50 bits per heavy atom. The van der Waals surface area contributed by atoms with Gasteiger partial charge in [0.15, 0.2) is 0 Å². The average Bonchev–Trinajstić information content (AvgIpc) is 3.29. The van der Waals surface area contributed by atoms with Gasteiger partial charge in [0.05, 0.1) is 24.5 Å². The third kappa shape index (κ3) is 6.02. The summed E-state index contributed by atoms with van der Waals surface area (Å²) in [4.78, 5) is 16.0. The van der Waals surface area contributed by atoms with Crippen molar-refractivity contribution in [3.8, 4) is 0 Å². The van der Waals surface area contributed by atoms with Crippen molar-refractivity contribution in [2.24, 2.45) is 0 Å². The Kier molecular flexibility index (Phi) is 6.81. The van der Waals surface area contributed by atoms with Crippen molar-refractivity contribution in [2.45, 2.75) is 72.1 Å². The maximum absolute atomic E-state index is 11.6. The van der Waals surface area contributed by atoms with E-state index in [1.54, 1.807) is 0 Å². The smallest absolute Gasteiger partial charge is 0.407 e. The van der Waals surface area contributed by atoms with Crippen LogP contribution in [0.1, 0.15) is 70.3 Å². The van der Waals surface area contributed by atoms with Crippen LogP contribution in [-0.4, -0.2) is 21.8 Å². The molecule has 1 fully saturated rings. The number of alkyl carbamates (subject to hydrolysis) is 1. The van der Waals surface area contributed by atoms with Crippen LogP contribution in [0, 0.1) is 0 Å². The van der Waals surface area contributed by atoms with Crippen molar-refractivity contribution in [1.29, 1.82) is 0 Å². The standard InChI is InChI=1S/C15H22N2O3.C2H6/c1-15(2,3)20-14(19)16-8-11-6-7-12(10-4-5-10)13(9-18)17-11;1-2/h6-7,10,18H,4-5,8-9H2,1-3H3,(H,16,19);1-2H3. The molecule has 0 bridgehead atoms. The maximum Gasteiger partial charge on any atom is 0.407 e. The van der Waals surface area contributed by atoms with Crippen LogP contribution < -0.4 is 5.32 Å². The maximum atomic E-state index is 11.6. The van der Waals surface area contributed by atoms with E-state index < -0.39 is 11.7 Å². The number of nitrogens with zero attached hydrogens (tertiary/aromatic N) is 1. The molecule has 1 aromatic heterocycles. The Hall–Kier alpha value is -1.62. The Morgan fingerprint density at radius 2 is 2.00 bits per heavy atom. The fraction of sp³-hybridized carbons (Fsp3) is 0.647. The van der Waals surface area contributed by atoms with Crippen molar-refractivity contribution >= 4 is 6.09 Å². The molecule has 124 valence electrons. The topological polar surface area (TPSA) is 71.5 Å². The first-order chi connectivity index (χ1) is 10.4. The van der Waals surface area contributed by atoms with Crippen molar-refractivity contribution < 1.29 is 14.6 Å². The van der Waals surface area contributed by atoms with Gasteiger partial charge in [0, 0.05) is 0 Å². The number of ether oxygens (including phenoxy) is 1. The van der Waals surface area contributed by atoms with Gasteiger partial charge in [-0.2, -0.15) is 0 Å². The lowest BCUT2D eigenvalue weighted by atomic mass is 10.1. The number of carbonyl (C=O) groups excluding carboxylic acids is 1. The van der Waals surface area contributed by atoms with Crippen LogP contribution in [0.15, 0.2) is 12.1 Å².